The van der Waals surface area contributed by atoms with Gasteiger partial charge >= 0.3 is 5.97 Å². The fourth-order valence-electron chi connectivity index (χ4n) is 1.37. The van der Waals surface area contributed by atoms with Crippen molar-refractivity contribution in [2.24, 2.45) is 0 Å². The molecule has 0 aliphatic heterocycles. The summed E-state index contributed by atoms with van der Waals surface area (Å²) in [6.07, 6.45) is 2.46. The lowest BCUT2D eigenvalue weighted by atomic mass is 10.2. The number of hydrogen-bond donors (Lipinski definition) is 1. The van der Waals surface area contributed by atoms with Crippen molar-refractivity contribution < 1.29 is 9.53 Å². The second-order valence-corrected chi connectivity index (χ2v) is 4.71. The number of benzene rings is 1. The predicted molar refractivity (Wildman–Crippen MR) is 84.1 cm³/mol. The van der Waals surface area contributed by atoms with Crippen LogP contribution in [-0.4, -0.2) is 12.6 Å². The van der Waals surface area contributed by atoms with Crippen LogP contribution in [0, 0.1) is 22.7 Å². The van der Waals surface area contributed by atoms with Crippen LogP contribution in [0.2, 0.25) is 10.0 Å². The normalized spacial score (nSPS) is 11.3. The fourth-order valence-corrected chi connectivity index (χ4v) is 1.83. The Bertz CT molecular complexity index is 712. The largest absolute Gasteiger partial charge is 0.462 e. The number of nitrogens with zero attached hydrogens (tertiary/aromatic N) is 2. The molecule has 0 radical (unpaired) electrons. The molecule has 22 heavy (non-hydrogen) atoms. The van der Waals surface area contributed by atoms with Gasteiger partial charge in [0, 0.05) is 11.2 Å². The van der Waals surface area contributed by atoms with Gasteiger partial charge in [-0.1, -0.05) is 23.2 Å². The average Bonchev–Trinajstić information content (AvgIpc) is 2.49. The van der Waals surface area contributed by atoms with Crippen LogP contribution in [0.15, 0.2) is 41.6 Å². The number of carbonyl (C=O) groups is 1. The van der Waals surface area contributed by atoms with Gasteiger partial charge in [-0.25, -0.2) is 4.79 Å². The van der Waals surface area contributed by atoms with Crippen LogP contribution in [0.1, 0.15) is 6.92 Å². The Morgan fingerprint density at radius 2 is 2.09 bits per heavy atom. The molecule has 112 valence electrons. The summed E-state index contributed by atoms with van der Waals surface area (Å²) in [5.74, 6) is -0.782. The molecule has 0 aliphatic carbocycles. The van der Waals surface area contributed by atoms with Gasteiger partial charge in [-0.05, 0) is 31.2 Å². The zero-order valence-corrected chi connectivity index (χ0v) is 13.1. The van der Waals surface area contributed by atoms with Gasteiger partial charge in [0.2, 0.25) is 0 Å². The van der Waals surface area contributed by atoms with Crippen LogP contribution in [0.4, 0.5) is 5.69 Å². The van der Waals surface area contributed by atoms with E-state index in [0.29, 0.717) is 15.7 Å². The zero-order chi connectivity index (χ0) is 16.5. The van der Waals surface area contributed by atoms with Crippen LogP contribution in [0.5, 0.6) is 0 Å². The molecular weight excluding hydrogens is 325 g/mol. The lowest BCUT2D eigenvalue weighted by molar-refractivity contribution is -0.138. The summed E-state index contributed by atoms with van der Waals surface area (Å²) in [7, 11) is 0. The maximum absolute atomic E-state index is 11.5. The van der Waals surface area contributed by atoms with E-state index in [9.17, 15) is 4.79 Å². The van der Waals surface area contributed by atoms with Crippen LogP contribution >= 0.6 is 23.2 Å². The maximum atomic E-state index is 11.5. The highest BCUT2D eigenvalue weighted by atomic mass is 35.5. The molecule has 1 aromatic carbocycles. The molecule has 0 spiro atoms. The molecule has 5 nitrogen and oxygen atoms in total. The molecule has 0 saturated carbocycles. The van der Waals surface area contributed by atoms with Crippen LogP contribution in [-0.2, 0) is 9.53 Å². The number of nitrogens with one attached hydrogen (secondary N) is 1. The van der Waals surface area contributed by atoms with Crippen LogP contribution in [0.3, 0.4) is 0 Å². The highest BCUT2D eigenvalue weighted by Crippen LogP contribution is 2.25. The molecule has 1 aromatic rings. The average molecular weight is 336 g/mol. The van der Waals surface area contributed by atoms with Gasteiger partial charge in [0.05, 0.1) is 22.9 Å². The van der Waals surface area contributed by atoms with Gasteiger partial charge in [0.25, 0.3) is 0 Å². The first-order valence-corrected chi connectivity index (χ1v) is 6.88. The summed E-state index contributed by atoms with van der Waals surface area (Å²) >= 11 is 11.8. The molecule has 0 saturated heterocycles. The minimum atomic E-state index is -0.782. The third kappa shape index (κ3) is 5.14. The summed E-state index contributed by atoms with van der Waals surface area (Å²) in [5, 5.41) is 21.6. The number of halogens is 2. The van der Waals surface area contributed by atoms with Gasteiger partial charge in [0.15, 0.2) is 0 Å². The minimum absolute atomic E-state index is 0.0654. The second kappa shape index (κ2) is 8.74. The van der Waals surface area contributed by atoms with Crippen LogP contribution < -0.4 is 5.32 Å². The highest BCUT2D eigenvalue weighted by Gasteiger charge is 2.10. The highest BCUT2D eigenvalue weighted by molar-refractivity contribution is 6.36. The molecule has 0 heterocycles. The van der Waals surface area contributed by atoms with E-state index in [-0.39, 0.29) is 17.8 Å². The Balaban J connectivity index is 2.98. The topological polar surface area (TPSA) is 85.9 Å². The van der Waals surface area contributed by atoms with Crippen molar-refractivity contribution in [3.8, 4) is 12.1 Å². The molecule has 0 aromatic heterocycles. The van der Waals surface area contributed by atoms with Crippen molar-refractivity contribution in [2.75, 3.05) is 11.9 Å². The van der Waals surface area contributed by atoms with Crippen molar-refractivity contribution in [1.82, 2.24) is 0 Å². The monoisotopic (exact) mass is 335 g/mol. The second-order valence-electron chi connectivity index (χ2n) is 3.87. The van der Waals surface area contributed by atoms with Gasteiger partial charge in [0.1, 0.15) is 17.7 Å². The first-order valence-electron chi connectivity index (χ1n) is 6.12. The lowest BCUT2D eigenvalue weighted by Gasteiger charge is -2.04. The van der Waals surface area contributed by atoms with E-state index in [0.717, 1.165) is 6.08 Å². The van der Waals surface area contributed by atoms with Gasteiger partial charge in [-0.15, -0.1) is 0 Å². The van der Waals surface area contributed by atoms with Crippen molar-refractivity contribution in [1.29, 1.82) is 10.5 Å². The molecule has 0 atom stereocenters. The Labute approximate surface area is 138 Å². The van der Waals surface area contributed by atoms with E-state index in [1.165, 1.54) is 6.20 Å². The van der Waals surface area contributed by atoms with E-state index in [2.05, 4.69) is 5.32 Å². The third-order valence-corrected chi connectivity index (χ3v) is 2.91. The van der Waals surface area contributed by atoms with Crippen LogP contribution in [0.25, 0.3) is 0 Å². The van der Waals surface area contributed by atoms with Crippen molar-refractivity contribution in [2.45, 2.75) is 6.92 Å². The Kier molecular flexibility index (Phi) is 6.98. The van der Waals surface area contributed by atoms with Gasteiger partial charge < -0.3 is 10.1 Å². The number of ether oxygens (including phenoxy) is 1. The number of hydrogen-bond acceptors (Lipinski definition) is 5. The number of allylic oxidation sites excluding steroid dienone is 2. The molecule has 1 N–H and O–H groups in total. The number of esters is 1. The lowest BCUT2D eigenvalue weighted by Crippen LogP contribution is -2.06. The smallest absolute Gasteiger partial charge is 0.348 e. The standard InChI is InChI=1S/C15H11Cl2N3O2/c1-2-22-15(21)11(8-19)5-10(7-18)9-20-14-4-3-12(16)6-13(14)17/h3-6,9,20H,2H2,1H3/b10-9+,11-5+. The molecule has 0 aliphatic rings. The number of rotatable bonds is 5. The third-order valence-electron chi connectivity index (χ3n) is 2.36. The van der Waals surface area contributed by atoms with E-state index < -0.39 is 5.97 Å². The Morgan fingerprint density at radius 3 is 2.64 bits per heavy atom. The van der Waals surface area contributed by atoms with Crippen molar-refractivity contribution in [3.63, 3.8) is 0 Å². The Hall–Kier alpha value is -2.47. The van der Waals surface area contributed by atoms with Crippen molar-refractivity contribution in [3.05, 3.63) is 51.7 Å². The maximum Gasteiger partial charge on any atom is 0.348 e. The van der Waals surface area contributed by atoms with Gasteiger partial charge in [-0.3, -0.25) is 0 Å². The Morgan fingerprint density at radius 1 is 1.36 bits per heavy atom. The summed E-state index contributed by atoms with van der Waals surface area (Å²) in [6, 6.07) is 8.36. The number of carbonyl (C=O) groups excluding carboxylic acids is 1. The summed E-state index contributed by atoms with van der Waals surface area (Å²) in [6.45, 7) is 1.76. The quantitative estimate of drug-likeness (QED) is 0.382. The molecular formula is C15H11Cl2N3O2. The van der Waals surface area contributed by atoms with Crippen molar-refractivity contribution >= 4 is 34.9 Å². The summed E-state index contributed by atoms with van der Waals surface area (Å²) < 4.78 is 4.71. The molecule has 1 rings (SSSR count). The van der Waals surface area contributed by atoms with E-state index in [1.54, 1.807) is 31.2 Å². The molecule has 0 bridgehead atoms. The first kappa shape index (κ1) is 17.6. The van der Waals surface area contributed by atoms with E-state index in [4.69, 9.17) is 38.5 Å². The number of nitriles is 2. The molecule has 0 unspecified atom stereocenters. The fraction of sp³-hybridized carbons (Fsp3) is 0.133. The predicted octanol–water partition coefficient (Wildman–Crippen LogP) is 3.83. The molecule has 0 fully saturated rings. The number of anilines is 1. The summed E-state index contributed by atoms with van der Waals surface area (Å²) in [4.78, 5) is 11.5. The van der Waals surface area contributed by atoms with E-state index in [1.807, 2.05) is 6.07 Å². The summed E-state index contributed by atoms with van der Waals surface area (Å²) in [5.41, 5.74) is 0.330. The molecule has 0 amide bonds. The first-order chi connectivity index (χ1) is 10.5. The SMILES string of the molecule is CCOC(=O)/C(C#N)=C/C(C#N)=C\Nc1ccc(Cl)cc1Cl. The zero-order valence-electron chi connectivity index (χ0n) is 11.6. The minimum Gasteiger partial charge on any atom is -0.462 e. The molecule has 7 heteroatoms. The van der Waals surface area contributed by atoms with Gasteiger partial charge in [-0.2, -0.15) is 10.5 Å². The van der Waals surface area contributed by atoms with E-state index >= 15 is 0 Å².